The highest BCUT2D eigenvalue weighted by Crippen LogP contribution is 2.39. The van der Waals surface area contributed by atoms with Gasteiger partial charge in [-0.05, 0) is 50.9 Å². The van der Waals surface area contributed by atoms with Crippen molar-refractivity contribution in [2.24, 2.45) is 5.41 Å². The quantitative estimate of drug-likeness (QED) is 0.679. The molecule has 14 heavy (non-hydrogen) atoms. The third kappa shape index (κ3) is 1.96. The molecule has 82 valence electrons. The molecule has 2 aliphatic rings. The van der Waals surface area contributed by atoms with Crippen molar-refractivity contribution >= 4 is 0 Å². The summed E-state index contributed by atoms with van der Waals surface area (Å²) in [6.07, 6.45) is 4.21. The second-order valence-corrected chi connectivity index (χ2v) is 5.14. The Hall–Kier alpha value is -0.0800. The van der Waals surface area contributed by atoms with Crippen LogP contribution < -0.4 is 0 Å². The van der Waals surface area contributed by atoms with Crippen molar-refractivity contribution in [3.8, 4) is 0 Å². The number of likely N-dealkylation sites (tertiary alicyclic amines) is 2. The van der Waals surface area contributed by atoms with E-state index in [0.29, 0.717) is 5.41 Å². The maximum atomic E-state index is 2.67. The van der Waals surface area contributed by atoms with Gasteiger partial charge in [-0.15, -0.1) is 0 Å². The fourth-order valence-corrected chi connectivity index (χ4v) is 3.17. The summed E-state index contributed by atoms with van der Waals surface area (Å²) >= 11 is 0. The molecule has 0 N–H and O–H groups in total. The smallest absolute Gasteiger partial charge is 0.00512 e. The first-order chi connectivity index (χ1) is 6.78. The van der Waals surface area contributed by atoms with Gasteiger partial charge in [0.05, 0.1) is 0 Å². The van der Waals surface area contributed by atoms with Gasteiger partial charge in [-0.2, -0.15) is 0 Å². The van der Waals surface area contributed by atoms with Gasteiger partial charge in [0.15, 0.2) is 0 Å². The highest BCUT2D eigenvalue weighted by Gasteiger charge is 2.42. The summed E-state index contributed by atoms with van der Waals surface area (Å²) in [7, 11) is 0. The molecule has 2 aliphatic heterocycles. The highest BCUT2D eigenvalue weighted by atomic mass is 15.2. The van der Waals surface area contributed by atoms with Crippen molar-refractivity contribution in [2.75, 3.05) is 39.3 Å². The summed E-state index contributed by atoms with van der Waals surface area (Å²) in [5.41, 5.74) is 0.686. The molecular formula is C12H24N2. The van der Waals surface area contributed by atoms with Gasteiger partial charge in [0.2, 0.25) is 0 Å². The standard InChI is InChI=1S/C12H24N2/c1-3-7-14-9-6-12(11-14)5-8-13(4-2)10-12/h3-11H2,1-2H3. The second-order valence-electron chi connectivity index (χ2n) is 5.14. The lowest BCUT2D eigenvalue weighted by molar-refractivity contribution is 0.245. The summed E-state index contributed by atoms with van der Waals surface area (Å²) < 4.78 is 0. The van der Waals surface area contributed by atoms with Gasteiger partial charge in [-0.1, -0.05) is 13.8 Å². The van der Waals surface area contributed by atoms with E-state index >= 15 is 0 Å². The molecule has 0 aromatic carbocycles. The Morgan fingerprint density at radius 2 is 1.64 bits per heavy atom. The van der Waals surface area contributed by atoms with Crippen LogP contribution in [-0.4, -0.2) is 49.1 Å². The Labute approximate surface area is 88.3 Å². The first-order valence-electron chi connectivity index (χ1n) is 6.23. The van der Waals surface area contributed by atoms with Crippen molar-refractivity contribution in [3.63, 3.8) is 0 Å². The van der Waals surface area contributed by atoms with Crippen molar-refractivity contribution in [1.82, 2.24) is 9.80 Å². The van der Waals surface area contributed by atoms with Gasteiger partial charge in [-0.3, -0.25) is 0 Å². The number of nitrogens with zero attached hydrogens (tertiary/aromatic N) is 2. The van der Waals surface area contributed by atoms with E-state index in [-0.39, 0.29) is 0 Å². The maximum absolute atomic E-state index is 2.67. The summed E-state index contributed by atoms with van der Waals surface area (Å²) in [5, 5.41) is 0. The molecule has 1 atom stereocenters. The summed E-state index contributed by atoms with van der Waals surface area (Å²) in [5.74, 6) is 0. The first kappa shape index (κ1) is 10.4. The lowest BCUT2D eigenvalue weighted by atomic mass is 9.86. The van der Waals surface area contributed by atoms with E-state index in [0.717, 1.165) is 0 Å². The number of hydrogen-bond acceptors (Lipinski definition) is 2. The summed E-state index contributed by atoms with van der Waals surface area (Å²) in [4.78, 5) is 5.29. The van der Waals surface area contributed by atoms with Crippen LogP contribution in [0.4, 0.5) is 0 Å². The fraction of sp³-hybridized carbons (Fsp3) is 1.00. The van der Waals surface area contributed by atoms with Gasteiger partial charge in [0, 0.05) is 13.1 Å². The predicted molar refractivity (Wildman–Crippen MR) is 60.5 cm³/mol. The van der Waals surface area contributed by atoms with Gasteiger partial charge < -0.3 is 9.80 Å². The lowest BCUT2D eigenvalue weighted by Crippen LogP contribution is -2.31. The van der Waals surface area contributed by atoms with E-state index in [2.05, 4.69) is 23.6 Å². The average Bonchev–Trinajstić information content (AvgIpc) is 2.76. The maximum Gasteiger partial charge on any atom is 0.00512 e. The molecule has 0 radical (unpaired) electrons. The van der Waals surface area contributed by atoms with Crippen LogP contribution in [0.1, 0.15) is 33.1 Å². The SMILES string of the molecule is CCCN1CCC2(CCN(CC)C2)C1. The molecular weight excluding hydrogens is 172 g/mol. The van der Waals surface area contributed by atoms with Crippen LogP contribution >= 0.6 is 0 Å². The molecule has 0 amide bonds. The molecule has 0 aromatic heterocycles. The highest BCUT2D eigenvalue weighted by molar-refractivity contribution is 4.96. The first-order valence-corrected chi connectivity index (χ1v) is 6.23. The zero-order valence-electron chi connectivity index (χ0n) is 9.76. The van der Waals surface area contributed by atoms with Crippen molar-refractivity contribution in [3.05, 3.63) is 0 Å². The summed E-state index contributed by atoms with van der Waals surface area (Å²) in [6, 6.07) is 0. The minimum absolute atomic E-state index is 0.686. The van der Waals surface area contributed by atoms with Crippen LogP contribution in [0.25, 0.3) is 0 Å². The van der Waals surface area contributed by atoms with Gasteiger partial charge >= 0.3 is 0 Å². The van der Waals surface area contributed by atoms with E-state index in [4.69, 9.17) is 0 Å². The molecule has 1 spiro atoms. The van der Waals surface area contributed by atoms with Crippen LogP contribution in [0, 0.1) is 5.41 Å². The van der Waals surface area contributed by atoms with Crippen molar-refractivity contribution < 1.29 is 0 Å². The molecule has 2 nitrogen and oxygen atoms in total. The number of rotatable bonds is 3. The zero-order chi connectivity index (χ0) is 10.0. The van der Waals surface area contributed by atoms with Crippen molar-refractivity contribution in [1.29, 1.82) is 0 Å². The Morgan fingerprint density at radius 3 is 2.21 bits per heavy atom. The van der Waals surface area contributed by atoms with E-state index in [1.807, 2.05) is 0 Å². The zero-order valence-corrected chi connectivity index (χ0v) is 9.76. The lowest BCUT2D eigenvalue weighted by Gasteiger charge is -2.24. The largest absolute Gasteiger partial charge is 0.303 e. The third-order valence-corrected chi connectivity index (χ3v) is 4.02. The molecule has 0 bridgehead atoms. The van der Waals surface area contributed by atoms with Gasteiger partial charge in [-0.25, -0.2) is 0 Å². The molecule has 2 heterocycles. The molecule has 0 saturated carbocycles. The second kappa shape index (κ2) is 4.19. The Balaban J connectivity index is 1.87. The normalized spacial score (nSPS) is 34.7. The number of hydrogen-bond donors (Lipinski definition) is 0. The van der Waals surface area contributed by atoms with Crippen LogP contribution in [-0.2, 0) is 0 Å². The van der Waals surface area contributed by atoms with Gasteiger partial charge in [0.1, 0.15) is 0 Å². The van der Waals surface area contributed by atoms with E-state index in [1.54, 1.807) is 0 Å². The van der Waals surface area contributed by atoms with E-state index < -0.39 is 0 Å². The minimum Gasteiger partial charge on any atom is -0.303 e. The minimum atomic E-state index is 0.686. The molecule has 0 aliphatic carbocycles. The van der Waals surface area contributed by atoms with Crippen molar-refractivity contribution in [2.45, 2.75) is 33.1 Å². The topological polar surface area (TPSA) is 6.48 Å². The molecule has 1 unspecified atom stereocenters. The van der Waals surface area contributed by atoms with Crippen LogP contribution in [0.2, 0.25) is 0 Å². The molecule has 2 heteroatoms. The van der Waals surface area contributed by atoms with E-state index in [1.165, 1.54) is 58.5 Å². The Morgan fingerprint density at radius 1 is 1.00 bits per heavy atom. The fourth-order valence-electron chi connectivity index (χ4n) is 3.17. The Kier molecular flexibility index (Phi) is 3.13. The molecule has 2 saturated heterocycles. The average molecular weight is 196 g/mol. The molecule has 2 rings (SSSR count). The van der Waals surface area contributed by atoms with Crippen LogP contribution in [0.5, 0.6) is 0 Å². The Bertz CT molecular complexity index is 193. The van der Waals surface area contributed by atoms with Crippen LogP contribution in [0.3, 0.4) is 0 Å². The molecule has 0 aromatic rings. The third-order valence-electron chi connectivity index (χ3n) is 4.02. The monoisotopic (exact) mass is 196 g/mol. The van der Waals surface area contributed by atoms with Crippen LogP contribution in [0.15, 0.2) is 0 Å². The molecule has 2 fully saturated rings. The summed E-state index contributed by atoms with van der Waals surface area (Å²) in [6.45, 7) is 12.6. The van der Waals surface area contributed by atoms with E-state index in [9.17, 15) is 0 Å². The van der Waals surface area contributed by atoms with Gasteiger partial charge in [0.25, 0.3) is 0 Å². The predicted octanol–water partition coefficient (Wildman–Crippen LogP) is 1.81.